The van der Waals surface area contributed by atoms with Gasteiger partial charge in [-0.3, -0.25) is 9.59 Å². The van der Waals surface area contributed by atoms with Crippen molar-refractivity contribution in [2.75, 3.05) is 27.3 Å². The van der Waals surface area contributed by atoms with Crippen molar-refractivity contribution in [3.63, 3.8) is 0 Å². The summed E-state index contributed by atoms with van der Waals surface area (Å²) in [6.07, 6.45) is 2.60. The highest BCUT2D eigenvalue weighted by molar-refractivity contribution is 5.94. The molecule has 1 N–H and O–H groups in total. The Kier molecular flexibility index (Phi) is 5.95. The van der Waals surface area contributed by atoms with E-state index in [9.17, 15) is 9.59 Å². The van der Waals surface area contributed by atoms with Gasteiger partial charge in [0.05, 0.1) is 0 Å². The predicted molar refractivity (Wildman–Crippen MR) is 84.5 cm³/mol. The highest BCUT2D eigenvalue weighted by atomic mass is 16.5. The van der Waals surface area contributed by atoms with E-state index < -0.39 is 0 Å². The van der Waals surface area contributed by atoms with Crippen LogP contribution in [0, 0.1) is 5.92 Å². The molecule has 2 rings (SSSR count). The van der Waals surface area contributed by atoms with Gasteiger partial charge >= 0.3 is 0 Å². The maximum Gasteiger partial charge on any atom is 0.253 e. The van der Waals surface area contributed by atoms with Crippen molar-refractivity contribution in [2.45, 2.75) is 25.8 Å². The summed E-state index contributed by atoms with van der Waals surface area (Å²) in [5.74, 6) is 0.336. The van der Waals surface area contributed by atoms with Crippen LogP contribution in [0.5, 0.6) is 0 Å². The first-order valence-electron chi connectivity index (χ1n) is 7.71. The zero-order valence-corrected chi connectivity index (χ0v) is 13.3. The van der Waals surface area contributed by atoms with Gasteiger partial charge in [0.2, 0.25) is 5.91 Å². The van der Waals surface area contributed by atoms with Crippen molar-refractivity contribution in [1.82, 2.24) is 10.2 Å². The summed E-state index contributed by atoms with van der Waals surface area (Å²) < 4.78 is 5.39. The molecule has 0 aliphatic carbocycles. The topological polar surface area (TPSA) is 58.6 Å². The monoisotopic (exact) mass is 304 g/mol. The molecule has 22 heavy (non-hydrogen) atoms. The minimum absolute atomic E-state index is 0.0347. The minimum Gasteiger partial charge on any atom is -0.381 e. The largest absolute Gasteiger partial charge is 0.381 e. The lowest BCUT2D eigenvalue weighted by atomic mass is 9.98. The van der Waals surface area contributed by atoms with Crippen LogP contribution in [0.4, 0.5) is 0 Å². The van der Waals surface area contributed by atoms with Gasteiger partial charge in [-0.05, 0) is 36.5 Å². The molecule has 0 spiro atoms. The molecular formula is C17H24N2O3. The SMILES string of the molecule is CN(C)C(=O)c1cccc(CNC(=O)C[C@H]2CCCOC2)c1. The van der Waals surface area contributed by atoms with Gasteiger partial charge in [0, 0.05) is 45.8 Å². The number of hydrogen-bond donors (Lipinski definition) is 1. The number of rotatable bonds is 5. The molecule has 1 aliphatic rings. The van der Waals surface area contributed by atoms with E-state index in [4.69, 9.17) is 4.74 Å². The third-order valence-corrected chi connectivity index (χ3v) is 3.80. The maximum atomic E-state index is 12.0. The quantitative estimate of drug-likeness (QED) is 0.903. The molecule has 1 aliphatic heterocycles. The van der Waals surface area contributed by atoms with Gasteiger partial charge in [-0.1, -0.05) is 12.1 Å². The number of hydrogen-bond acceptors (Lipinski definition) is 3. The fourth-order valence-corrected chi connectivity index (χ4v) is 2.58. The summed E-state index contributed by atoms with van der Waals surface area (Å²) in [6, 6.07) is 7.36. The van der Waals surface area contributed by atoms with Crippen molar-refractivity contribution in [3.8, 4) is 0 Å². The molecular weight excluding hydrogens is 280 g/mol. The van der Waals surface area contributed by atoms with E-state index in [1.165, 1.54) is 0 Å². The summed E-state index contributed by atoms with van der Waals surface area (Å²) in [5.41, 5.74) is 1.57. The van der Waals surface area contributed by atoms with Crippen LogP contribution in [-0.4, -0.2) is 44.0 Å². The van der Waals surface area contributed by atoms with Gasteiger partial charge in [0.15, 0.2) is 0 Å². The second kappa shape index (κ2) is 7.94. The lowest BCUT2D eigenvalue weighted by Gasteiger charge is -2.21. The smallest absolute Gasteiger partial charge is 0.253 e. The average molecular weight is 304 g/mol. The first-order valence-corrected chi connectivity index (χ1v) is 7.71. The van der Waals surface area contributed by atoms with Crippen LogP contribution in [0.3, 0.4) is 0 Å². The lowest BCUT2D eigenvalue weighted by Crippen LogP contribution is -2.28. The Bertz CT molecular complexity index is 522. The third kappa shape index (κ3) is 4.84. The normalized spacial score (nSPS) is 17.8. The van der Waals surface area contributed by atoms with Crippen molar-refractivity contribution in [3.05, 3.63) is 35.4 Å². The van der Waals surface area contributed by atoms with Gasteiger partial charge in [-0.25, -0.2) is 0 Å². The predicted octanol–water partition coefficient (Wildman–Crippen LogP) is 1.82. The number of nitrogens with zero attached hydrogens (tertiary/aromatic N) is 1. The standard InChI is InChI=1S/C17H24N2O3/c1-19(2)17(21)15-7-3-5-13(9-15)11-18-16(20)10-14-6-4-8-22-12-14/h3,5,7,9,14H,4,6,8,10-12H2,1-2H3,(H,18,20)/t14-/m1/s1. The third-order valence-electron chi connectivity index (χ3n) is 3.80. The number of ether oxygens (including phenoxy) is 1. The highest BCUT2D eigenvalue weighted by Crippen LogP contribution is 2.17. The van der Waals surface area contributed by atoms with Crippen LogP contribution in [-0.2, 0) is 16.1 Å². The summed E-state index contributed by atoms with van der Waals surface area (Å²) in [4.78, 5) is 25.4. The number of benzene rings is 1. The molecule has 0 unspecified atom stereocenters. The van der Waals surface area contributed by atoms with Crippen LogP contribution in [0.25, 0.3) is 0 Å². The van der Waals surface area contributed by atoms with Gasteiger partial charge in [-0.15, -0.1) is 0 Å². The first-order chi connectivity index (χ1) is 10.6. The van der Waals surface area contributed by atoms with E-state index in [0.717, 1.165) is 25.0 Å². The lowest BCUT2D eigenvalue weighted by molar-refractivity contribution is -0.123. The van der Waals surface area contributed by atoms with E-state index in [2.05, 4.69) is 5.32 Å². The molecule has 5 nitrogen and oxygen atoms in total. The molecule has 1 atom stereocenters. The van der Waals surface area contributed by atoms with E-state index in [-0.39, 0.29) is 11.8 Å². The van der Waals surface area contributed by atoms with E-state index in [1.807, 2.05) is 18.2 Å². The van der Waals surface area contributed by atoms with Crippen LogP contribution >= 0.6 is 0 Å². The van der Waals surface area contributed by atoms with Crippen molar-refractivity contribution in [1.29, 1.82) is 0 Å². The molecule has 2 amide bonds. The summed E-state index contributed by atoms with van der Waals surface area (Å²) in [7, 11) is 3.45. The molecule has 1 fully saturated rings. The second-order valence-corrected chi connectivity index (χ2v) is 5.96. The Labute approximate surface area is 131 Å². The van der Waals surface area contributed by atoms with Crippen molar-refractivity contribution in [2.24, 2.45) is 5.92 Å². The minimum atomic E-state index is -0.0347. The number of amides is 2. The van der Waals surface area contributed by atoms with Gasteiger partial charge in [-0.2, -0.15) is 0 Å². The fraction of sp³-hybridized carbons (Fsp3) is 0.529. The van der Waals surface area contributed by atoms with Gasteiger partial charge in [0.25, 0.3) is 5.91 Å². The van der Waals surface area contributed by atoms with Crippen LogP contribution < -0.4 is 5.32 Å². The van der Waals surface area contributed by atoms with Crippen molar-refractivity contribution >= 4 is 11.8 Å². The van der Waals surface area contributed by atoms with Gasteiger partial charge < -0.3 is 15.0 Å². The van der Waals surface area contributed by atoms with E-state index in [0.29, 0.717) is 31.1 Å². The molecule has 5 heteroatoms. The zero-order valence-electron chi connectivity index (χ0n) is 13.3. The maximum absolute atomic E-state index is 12.0. The second-order valence-electron chi connectivity index (χ2n) is 5.96. The molecule has 0 saturated carbocycles. The average Bonchev–Trinajstić information content (AvgIpc) is 2.53. The highest BCUT2D eigenvalue weighted by Gasteiger charge is 2.17. The zero-order chi connectivity index (χ0) is 15.9. The van der Waals surface area contributed by atoms with E-state index in [1.54, 1.807) is 25.1 Å². The number of carbonyl (C=O) groups is 2. The van der Waals surface area contributed by atoms with Crippen LogP contribution in [0.1, 0.15) is 35.2 Å². The first kappa shape index (κ1) is 16.5. The Morgan fingerprint density at radius 3 is 2.86 bits per heavy atom. The Balaban J connectivity index is 1.84. The number of carbonyl (C=O) groups excluding carboxylic acids is 2. The molecule has 0 radical (unpaired) electrons. The summed E-state index contributed by atoms with van der Waals surface area (Å²) in [5, 5.41) is 2.92. The number of nitrogens with one attached hydrogen (secondary N) is 1. The molecule has 1 aromatic carbocycles. The van der Waals surface area contributed by atoms with Gasteiger partial charge in [0.1, 0.15) is 0 Å². The molecule has 0 aromatic heterocycles. The summed E-state index contributed by atoms with van der Waals surface area (Å²) >= 11 is 0. The Morgan fingerprint density at radius 2 is 2.18 bits per heavy atom. The van der Waals surface area contributed by atoms with Crippen LogP contribution in [0.15, 0.2) is 24.3 Å². The molecule has 120 valence electrons. The van der Waals surface area contributed by atoms with Crippen molar-refractivity contribution < 1.29 is 14.3 Å². The Hall–Kier alpha value is -1.88. The van der Waals surface area contributed by atoms with E-state index >= 15 is 0 Å². The summed E-state index contributed by atoms with van der Waals surface area (Å²) in [6.45, 7) is 1.94. The molecule has 1 saturated heterocycles. The molecule has 0 bridgehead atoms. The fourth-order valence-electron chi connectivity index (χ4n) is 2.58. The molecule has 1 aromatic rings. The Morgan fingerprint density at radius 1 is 1.36 bits per heavy atom. The molecule has 1 heterocycles. The van der Waals surface area contributed by atoms with Crippen LogP contribution in [0.2, 0.25) is 0 Å².